The van der Waals surface area contributed by atoms with Crippen molar-refractivity contribution in [2.45, 2.75) is 70.8 Å². The summed E-state index contributed by atoms with van der Waals surface area (Å²) in [7, 11) is 1.71. The van der Waals surface area contributed by atoms with Crippen molar-refractivity contribution >= 4 is 40.1 Å². The van der Waals surface area contributed by atoms with E-state index in [-0.39, 0.29) is 49.6 Å². The summed E-state index contributed by atoms with van der Waals surface area (Å²) in [5.41, 5.74) is 6.04. The molecule has 8 rings (SSSR count). The van der Waals surface area contributed by atoms with Gasteiger partial charge < -0.3 is 9.84 Å². The van der Waals surface area contributed by atoms with Gasteiger partial charge in [0, 0.05) is 55.7 Å². The fourth-order valence-electron chi connectivity index (χ4n) is 7.60. The molecule has 2 saturated heterocycles. The molecule has 1 unspecified atom stereocenters. The van der Waals surface area contributed by atoms with Crippen LogP contribution in [0.15, 0.2) is 59.5 Å². The van der Waals surface area contributed by atoms with E-state index in [9.17, 15) is 14.4 Å². The molecule has 1 atom stereocenters. The third-order valence-corrected chi connectivity index (χ3v) is 10.8. The second-order valence-corrected chi connectivity index (χ2v) is 15.9. The number of nitrogens with one attached hydrogen (secondary N) is 2. The number of halogens is 2. The number of rotatable bonds is 9. The van der Waals surface area contributed by atoms with E-state index in [0.29, 0.717) is 47.7 Å². The lowest BCUT2D eigenvalue weighted by molar-refractivity contribution is -0.120. The number of benzene rings is 2. The Morgan fingerprint density at radius 3 is 2.65 bits per heavy atom. The van der Waals surface area contributed by atoms with Crippen LogP contribution in [-0.4, -0.2) is 89.4 Å². The standard InChI is InChI=1S/C40H43F2N11O4/c1-23-16-26(6-7-27(23)19-43-36(55)34-47-37(57-49-34)39(2,3)4)33-31-17-24(20-53(31)45-22-44-33)10-13-51-14-11-29(40(41,42)21-51)25-8-9-28-30(18-25)50(5)48-35(28)52-15-12-32(54)46-38(52)56/h6-9,16-18,20,22,29H,10-15,19,21H2,1-5H3,(H,43,55)(H,46,54,56). The summed E-state index contributed by atoms with van der Waals surface area (Å²) in [4.78, 5) is 48.9. The first-order valence-corrected chi connectivity index (χ1v) is 18.9. The molecular formula is C40H43F2N11O4. The molecule has 2 aliphatic rings. The minimum absolute atomic E-state index is 0.0119. The van der Waals surface area contributed by atoms with Gasteiger partial charge in [-0.2, -0.15) is 15.2 Å². The van der Waals surface area contributed by atoms with Gasteiger partial charge in [-0.1, -0.05) is 44.1 Å². The Labute approximate surface area is 326 Å². The highest BCUT2D eigenvalue weighted by Crippen LogP contribution is 2.42. The molecule has 0 bridgehead atoms. The van der Waals surface area contributed by atoms with Gasteiger partial charge in [0.15, 0.2) is 5.82 Å². The normalized spacial score (nSPS) is 17.7. The lowest BCUT2D eigenvalue weighted by Crippen LogP contribution is -2.49. The molecule has 4 aromatic heterocycles. The number of imide groups is 1. The first-order chi connectivity index (χ1) is 27.1. The van der Waals surface area contributed by atoms with E-state index in [0.717, 1.165) is 33.5 Å². The first-order valence-electron chi connectivity index (χ1n) is 18.9. The van der Waals surface area contributed by atoms with E-state index >= 15 is 8.78 Å². The average molecular weight is 780 g/mol. The van der Waals surface area contributed by atoms with Crippen LogP contribution in [0.25, 0.3) is 27.7 Å². The number of piperidine rings is 1. The number of fused-ring (bicyclic) bond motifs is 2. The van der Waals surface area contributed by atoms with E-state index in [4.69, 9.17) is 4.52 Å². The summed E-state index contributed by atoms with van der Waals surface area (Å²) in [5, 5.41) is 18.5. The first kappa shape index (κ1) is 37.8. The average Bonchev–Trinajstić information content (AvgIpc) is 3.91. The van der Waals surface area contributed by atoms with Crippen LogP contribution in [0.5, 0.6) is 0 Å². The number of amides is 4. The zero-order chi connectivity index (χ0) is 40.2. The van der Waals surface area contributed by atoms with Crippen LogP contribution in [0.3, 0.4) is 0 Å². The Morgan fingerprint density at radius 2 is 1.91 bits per heavy atom. The number of urea groups is 1. The van der Waals surface area contributed by atoms with Crippen LogP contribution in [0, 0.1) is 6.92 Å². The molecule has 0 saturated carbocycles. The molecule has 2 fully saturated rings. The topological polar surface area (TPSA) is 169 Å². The number of aryl methyl sites for hydroxylation is 2. The van der Waals surface area contributed by atoms with Crippen molar-refractivity contribution in [2.75, 3.05) is 31.1 Å². The van der Waals surface area contributed by atoms with Gasteiger partial charge in [0.05, 0.1) is 29.2 Å². The van der Waals surface area contributed by atoms with Crippen molar-refractivity contribution in [3.63, 3.8) is 0 Å². The number of likely N-dealkylation sites (tertiary alicyclic amines) is 1. The summed E-state index contributed by atoms with van der Waals surface area (Å²) in [6.45, 7) is 8.82. The highest BCUT2D eigenvalue weighted by molar-refractivity contribution is 6.08. The molecule has 2 N–H and O–H groups in total. The van der Waals surface area contributed by atoms with E-state index in [1.165, 1.54) is 11.2 Å². The molecule has 2 aromatic carbocycles. The van der Waals surface area contributed by atoms with Gasteiger partial charge in [0.25, 0.3) is 17.7 Å². The summed E-state index contributed by atoms with van der Waals surface area (Å²) < 4.78 is 40.4. The van der Waals surface area contributed by atoms with Gasteiger partial charge in [0.2, 0.25) is 11.8 Å². The third kappa shape index (κ3) is 7.46. The zero-order valence-corrected chi connectivity index (χ0v) is 32.3. The van der Waals surface area contributed by atoms with Crippen molar-refractivity contribution in [3.8, 4) is 11.3 Å². The van der Waals surface area contributed by atoms with E-state index in [2.05, 4.69) is 36.0 Å². The zero-order valence-electron chi connectivity index (χ0n) is 32.3. The number of hydrogen-bond acceptors (Lipinski definition) is 10. The summed E-state index contributed by atoms with van der Waals surface area (Å²) in [6.07, 6.45) is 4.40. The maximum atomic E-state index is 15.9. The molecule has 296 valence electrons. The molecule has 6 heterocycles. The predicted octanol–water partition coefficient (Wildman–Crippen LogP) is 5.32. The monoisotopic (exact) mass is 779 g/mol. The molecular weight excluding hydrogens is 737 g/mol. The highest BCUT2D eigenvalue weighted by Gasteiger charge is 2.45. The minimum Gasteiger partial charge on any atom is -0.345 e. The van der Waals surface area contributed by atoms with Crippen LogP contribution >= 0.6 is 0 Å². The van der Waals surface area contributed by atoms with Crippen molar-refractivity contribution in [2.24, 2.45) is 7.05 Å². The van der Waals surface area contributed by atoms with E-state index in [1.807, 2.05) is 63.1 Å². The fraction of sp³-hybridized carbons (Fsp3) is 0.400. The number of carbonyl (C=O) groups is 3. The molecule has 2 aliphatic heterocycles. The number of alkyl halides is 2. The van der Waals surface area contributed by atoms with Crippen molar-refractivity contribution in [1.29, 1.82) is 0 Å². The van der Waals surface area contributed by atoms with E-state index in [1.54, 1.807) is 34.4 Å². The fourth-order valence-corrected chi connectivity index (χ4v) is 7.60. The van der Waals surface area contributed by atoms with Crippen molar-refractivity contribution < 1.29 is 27.7 Å². The van der Waals surface area contributed by atoms with E-state index < -0.39 is 23.8 Å². The second kappa shape index (κ2) is 14.4. The van der Waals surface area contributed by atoms with Crippen LogP contribution in [0.2, 0.25) is 0 Å². The number of nitrogens with zero attached hydrogens (tertiary/aromatic N) is 9. The smallest absolute Gasteiger partial charge is 0.329 e. The molecule has 0 radical (unpaired) electrons. The second-order valence-electron chi connectivity index (χ2n) is 15.9. The molecule has 0 aliphatic carbocycles. The summed E-state index contributed by atoms with van der Waals surface area (Å²) in [6, 6.07) is 12.5. The van der Waals surface area contributed by atoms with Gasteiger partial charge in [-0.15, -0.1) is 0 Å². The molecule has 4 amide bonds. The van der Waals surface area contributed by atoms with Crippen LogP contribution < -0.4 is 15.5 Å². The molecule has 57 heavy (non-hydrogen) atoms. The molecule has 17 heteroatoms. The van der Waals surface area contributed by atoms with Crippen molar-refractivity contribution in [3.05, 3.63) is 89.0 Å². The van der Waals surface area contributed by atoms with Crippen LogP contribution in [-0.2, 0) is 30.2 Å². The summed E-state index contributed by atoms with van der Waals surface area (Å²) in [5.74, 6) is -3.94. The quantitative estimate of drug-likeness (QED) is 0.196. The Balaban J connectivity index is 0.906. The highest BCUT2D eigenvalue weighted by atomic mass is 19.3. The number of hydrogen-bond donors (Lipinski definition) is 2. The Hall–Kier alpha value is -6.10. The van der Waals surface area contributed by atoms with Gasteiger partial charge in [-0.25, -0.2) is 23.1 Å². The van der Waals surface area contributed by atoms with Gasteiger partial charge in [-0.3, -0.25) is 29.4 Å². The summed E-state index contributed by atoms with van der Waals surface area (Å²) >= 11 is 0. The minimum atomic E-state index is -2.97. The third-order valence-electron chi connectivity index (χ3n) is 10.8. The Morgan fingerprint density at radius 1 is 1.09 bits per heavy atom. The lowest BCUT2D eigenvalue weighted by atomic mass is 9.85. The maximum absolute atomic E-state index is 15.9. The van der Waals surface area contributed by atoms with Gasteiger partial charge in [0.1, 0.15) is 6.33 Å². The number of aromatic nitrogens is 7. The largest absolute Gasteiger partial charge is 0.345 e. The van der Waals surface area contributed by atoms with Crippen LogP contribution in [0.1, 0.15) is 78.3 Å². The number of anilines is 1. The predicted molar refractivity (Wildman–Crippen MR) is 206 cm³/mol. The molecule has 6 aromatic rings. The maximum Gasteiger partial charge on any atom is 0.329 e. The Kier molecular flexibility index (Phi) is 9.58. The Bertz CT molecular complexity index is 2540. The van der Waals surface area contributed by atoms with Crippen molar-refractivity contribution in [1.82, 2.24) is 50.1 Å². The molecule has 0 spiro atoms. The van der Waals surface area contributed by atoms with Crippen LogP contribution in [0.4, 0.5) is 19.4 Å². The lowest BCUT2D eigenvalue weighted by Gasteiger charge is -2.38. The SMILES string of the molecule is Cc1cc(-c2ncnn3cc(CCN4CCC(c5ccc6c(N7CCC(=O)NC7=O)nn(C)c6c5)C(F)(F)C4)cc23)ccc1CNC(=O)c1noc(C(C)(C)C)n1. The number of carbonyl (C=O) groups excluding carboxylic acids is 3. The molecule has 15 nitrogen and oxygen atoms in total. The van der Waals surface area contributed by atoms with Gasteiger partial charge >= 0.3 is 6.03 Å². The van der Waals surface area contributed by atoms with Gasteiger partial charge in [-0.05, 0) is 72.8 Å².